The Morgan fingerprint density at radius 2 is 2.14 bits per heavy atom. The Hall–Kier alpha value is -0.890. The first kappa shape index (κ1) is 18.2. The number of aromatic nitrogens is 1. The summed E-state index contributed by atoms with van der Waals surface area (Å²) < 4.78 is 31.9. The summed E-state index contributed by atoms with van der Waals surface area (Å²) in [6, 6.07) is 1.69. The number of methoxy groups -OCH3 is 1. The van der Waals surface area contributed by atoms with Crippen LogP contribution in [0.4, 0.5) is 0 Å². The molecule has 0 spiro atoms. The van der Waals surface area contributed by atoms with Crippen molar-refractivity contribution in [3.8, 4) is 0 Å². The van der Waals surface area contributed by atoms with Gasteiger partial charge in [0.15, 0.2) is 0 Å². The molecule has 1 aromatic heterocycles. The maximum Gasteiger partial charge on any atom is 0.244 e. The van der Waals surface area contributed by atoms with Gasteiger partial charge in [-0.3, -0.25) is 0 Å². The van der Waals surface area contributed by atoms with E-state index in [1.807, 2.05) is 20.8 Å². The zero-order valence-corrected chi connectivity index (χ0v) is 14.2. The van der Waals surface area contributed by atoms with Gasteiger partial charge in [0.2, 0.25) is 10.0 Å². The van der Waals surface area contributed by atoms with Gasteiger partial charge < -0.3 is 15.0 Å². The molecule has 21 heavy (non-hydrogen) atoms. The van der Waals surface area contributed by atoms with Crippen molar-refractivity contribution in [1.82, 2.24) is 14.6 Å². The molecule has 122 valence electrons. The lowest BCUT2D eigenvalue weighted by molar-refractivity contribution is 0.175. The molecule has 1 rings (SSSR count). The fourth-order valence-electron chi connectivity index (χ4n) is 1.99. The standard InChI is InChI=1S/C14H27N3O3S/c1-5-15-9-13-8-14(10-16-13)21(18,19)17(6-7-20-4)11-12(2)3/h8,10,12,15-16H,5-7,9,11H2,1-4H3. The lowest BCUT2D eigenvalue weighted by Crippen LogP contribution is -2.36. The first-order chi connectivity index (χ1) is 9.91. The average molecular weight is 317 g/mol. The summed E-state index contributed by atoms with van der Waals surface area (Å²) >= 11 is 0. The number of aromatic amines is 1. The van der Waals surface area contributed by atoms with E-state index in [0.29, 0.717) is 31.1 Å². The third-order valence-corrected chi connectivity index (χ3v) is 4.88. The number of hydrogen-bond acceptors (Lipinski definition) is 4. The fourth-order valence-corrected chi connectivity index (χ4v) is 3.60. The topological polar surface area (TPSA) is 74.4 Å². The third kappa shape index (κ3) is 5.43. The van der Waals surface area contributed by atoms with E-state index in [4.69, 9.17) is 4.74 Å². The Morgan fingerprint density at radius 1 is 1.43 bits per heavy atom. The first-order valence-electron chi connectivity index (χ1n) is 7.28. The van der Waals surface area contributed by atoms with Gasteiger partial charge in [0.25, 0.3) is 0 Å². The second-order valence-electron chi connectivity index (χ2n) is 5.39. The van der Waals surface area contributed by atoms with Gasteiger partial charge in [-0.05, 0) is 18.5 Å². The van der Waals surface area contributed by atoms with Crippen molar-refractivity contribution in [3.05, 3.63) is 18.0 Å². The SMILES string of the molecule is CCNCc1cc(S(=O)(=O)N(CCOC)CC(C)C)c[nH]1. The first-order valence-corrected chi connectivity index (χ1v) is 8.72. The van der Waals surface area contributed by atoms with Crippen molar-refractivity contribution in [2.75, 3.05) is 33.4 Å². The Bertz CT molecular complexity index is 511. The molecule has 0 fully saturated rings. The highest BCUT2D eigenvalue weighted by Crippen LogP contribution is 2.18. The van der Waals surface area contributed by atoms with Gasteiger partial charge in [0.1, 0.15) is 0 Å². The molecule has 2 N–H and O–H groups in total. The number of ether oxygens (including phenoxy) is 1. The van der Waals surface area contributed by atoms with Gasteiger partial charge in [0, 0.05) is 38.6 Å². The quantitative estimate of drug-likeness (QED) is 0.684. The molecule has 0 atom stereocenters. The van der Waals surface area contributed by atoms with Crippen molar-refractivity contribution in [2.24, 2.45) is 5.92 Å². The summed E-state index contributed by atoms with van der Waals surface area (Å²) in [5.74, 6) is 0.261. The van der Waals surface area contributed by atoms with Gasteiger partial charge in [-0.25, -0.2) is 8.42 Å². The van der Waals surface area contributed by atoms with Crippen LogP contribution >= 0.6 is 0 Å². The highest BCUT2D eigenvalue weighted by molar-refractivity contribution is 7.89. The van der Waals surface area contributed by atoms with E-state index in [0.717, 1.165) is 12.2 Å². The van der Waals surface area contributed by atoms with Crippen LogP contribution < -0.4 is 5.32 Å². The Labute approximate surface area is 127 Å². The predicted octanol–water partition coefficient (Wildman–Crippen LogP) is 1.42. The maximum absolute atomic E-state index is 12.7. The monoisotopic (exact) mass is 317 g/mol. The molecule has 0 amide bonds. The minimum Gasteiger partial charge on any atom is -0.383 e. The predicted molar refractivity (Wildman–Crippen MR) is 83.6 cm³/mol. The van der Waals surface area contributed by atoms with E-state index < -0.39 is 10.0 Å². The van der Waals surface area contributed by atoms with Crippen LogP contribution in [-0.4, -0.2) is 51.1 Å². The van der Waals surface area contributed by atoms with Crippen LogP contribution in [0.25, 0.3) is 0 Å². The number of hydrogen-bond donors (Lipinski definition) is 2. The highest BCUT2D eigenvalue weighted by atomic mass is 32.2. The smallest absolute Gasteiger partial charge is 0.244 e. The molecular weight excluding hydrogens is 290 g/mol. The maximum atomic E-state index is 12.7. The van der Waals surface area contributed by atoms with Gasteiger partial charge in [-0.1, -0.05) is 20.8 Å². The summed E-state index contributed by atoms with van der Waals surface area (Å²) in [6.07, 6.45) is 1.56. The van der Waals surface area contributed by atoms with Crippen molar-refractivity contribution in [3.63, 3.8) is 0 Å². The van der Waals surface area contributed by atoms with Crippen LogP contribution in [0.5, 0.6) is 0 Å². The van der Waals surface area contributed by atoms with E-state index in [1.54, 1.807) is 19.4 Å². The molecule has 6 nitrogen and oxygen atoms in total. The summed E-state index contributed by atoms with van der Waals surface area (Å²) in [5.41, 5.74) is 0.867. The minimum absolute atomic E-state index is 0.261. The highest BCUT2D eigenvalue weighted by Gasteiger charge is 2.25. The Kier molecular flexibility index (Phi) is 7.37. The molecule has 0 bridgehead atoms. The lowest BCUT2D eigenvalue weighted by Gasteiger charge is -2.23. The van der Waals surface area contributed by atoms with Crippen molar-refractivity contribution < 1.29 is 13.2 Å². The molecule has 1 aromatic rings. The fraction of sp³-hybridized carbons (Fsp3) is 0.714. The molecule has 0 aliphatic heterocycles. The molecule has 1 heterocycles. The largest absolute Gasteiger partial charge is 0.383 e. The molecule has 0 saturated heterocycles. The van der Waals surface area contributed by atoms with Crippen LogP contribution in [0.15, 0.2) is 17.2 Å². The molecule has 0 aliphatic carbocycles. The van der Waals surface area contributed by atoms with Gasteiger partial charge in [0.05, 0.1) is 11.5 Å². The van der Waals surface area contributed by atoms with Gasteiger partial charge in [-0.15, -0.1) is 0 Å². The van der Waals surface area contributed by atoms with Crippen LogP contribution in [-0.2, 0) is 21.3 Å². The minimum atomic E-state index is -3.48. The average Bonchev–Trinajstić information content (AvgIpc) is 2.90. The van der Waals surface area contributed by atoms with Crippen LogP contribution in [0.2, 0.25) is 0 Å². The number of sulfonamides is 1. The summed E-state index contributed by atoms with van der Waals surface area (Å²) in [5, 5.41) is 3.17. The second-order valence-corrected chi connectivity index (χ2v) is 7.33. The summed E-state index contributed by atoms with van der Waals surface area (Å²) in [6.45, 7) is 8.73. The normalized spacial score (nSPS) is 12.5. The zero-order chi connectivity index (χ0) is 15.9. The lowest BCUT2D eigenvalue weighted by atomic mass is 10.2. The molecule has 0 aliphatic rings. The Balaban J connectivity index is 2.90. The molecule has 0 saturated carbocycles. The van der Waals surface area contributed by atoms with Crippen LogP contribution in [0, 0.1) is 5.92 Å². The van der Waals surface area contributed by atoms with Crippen molar-refractivity contribution in [1.29, 1.82) is 0 Å². The molecule has 0 radical (unpaired) electrons. The van der Waals surface area contributed by atoms with Crippen molar-refractivity contribution >= 4 is 10.0 Å². The van der Waals surface area contributed by atoms with Gasteiger partial charge >= 0.3 is 0 Å². The Morgan fingerprint density at radius 3 is 2.71 bits per heavy atom. The van der Waals surface area contributed by atoms with E-state index in [9.17, 15) is 8.42 Å². The number of nitrogens with one attached hydrogen (secondary N) is 2. The number of rotatable bonds is 10. The number of nitrogens with zero attached hydrogens (tertiary/aromatic N) is 1. The second kappa shape index (κ2) is 8.53. The van der Waals surface area contributed by atoms with E-state index in [-0.39, 0.29) is 5.92 Å². The van der Waals surface area contributed by atoms with Crippen molar-refractivity contribution in [2.45, 2.75) is 32.2 Å². The van der Waals surface area contributed by atoms with E-state index in [2.05, 4.69) is 10.3 Å². The number of H-pyrrole nitrogens is 1. The third-order valence-electron chi connectivity index (χ3n) is 3.03. The summed E-state index contributed by atoms with van der Waals surface area (Å²) in [7, 11) is -1.90. The van der Waals surface area contributed by atoms with Crippen LogP contribution in [0.1, 0.15) is 26.5 Å². The van der Waals surface area contributed by atoms with E-state index >= 15 is 0 Å². The van der Waals surface area contributed by atoms with E-state index in [1.165, 1.54) is 4.31 Å². The zero-order valence-electron chi connectivity index (χ0n) is 13.3. The summed E-state index contributed by atoms with van der Waals surface area (Å²) in [4.78, 5) is 3.32. The van der Waals surface area contributed by atoms with Gasteiger partial charge in [-0.2, -0.15) is 4.31 Å². The molecule has 0 unspecified atom stereocenters. The van der Waals surface area contributed by atoms with Crippen LogP contribution in [0.3, 0.4) is 0 Å². The molecular formula is C14H27N3O3S. The molecule has 7 heteroatoms. The molecule has 0 aromatic carbocycles.